The van der Waals surface area contributed by atoms with Crippen molar-refractivity contribution in [3.63, 3.8) is 0 Å². The lowest BCUT2D eigenvalue weighted by Crippen LogP contribution is -2.36. The van der Waals surface area contributed by atoms with Crippen LogP contribution in [0.2, 0.25) is 0 Å². The molecule has 0 aliphatic rings. The number of quaternary nitrogens is 1. The van der Waals surface area contributed by atoms with Crippen LogP contribution in [0.15, 0.2) is 12.3 Å². The van der Waals surface area contributed by atoms with Gasteiger partial charge in [-0.25, -0.2) is 5.26 Å². The van der Waals surface area contributed by atoms with Crippen molar-refractivity contribution in [2.75, 3.05) is 34.3 Å². The molecule has 0 unspecified atom stereocenters. The van der Waals surface area contributed by atoms with E-state index in [0.29, 0.717) is 0 Å². The Hall–Kier alpha value is -1.11. The lowest BCUT2D eigenvalue weighted by atomic mass is 10.4. The predicted molar refractivity (Wildman–Crippen MR) is 52.5 cm³/mol. The fraction of sp³-hybridized carbons (Fsp3) is 0.667. The van der Waals surface area contributed by atoms with Gasteiger partial charge in [-0.15, -0.1) is 0 Å². The van der Waals surface area contributed by atoms with Gasteiger partial charge in [-0.3, -0.25) is 0 Å². The highest BCUT2D eigenvalue weighted by molar-refractivity contribution is 5.66. The van der Waals surface area contributed by atoms with Crippen LogP contribution >= 0.6 is 0 Å². The molecule has 0 aromatic rings. The van der Waals surface area contributed by atoms with Crippen molar-refractivity contribution in [1.29, 1.82) is 0 Å². The Morgan fingerprint density at radius 2 is 1.93 bits per heavy atom. The zero-order chi connectivity index (χ0) is 12.5. The van der Waals surface area contributed by atoms with E-state index in [2.05, 4.69) is 32.6 Å². The molecule has 0 radical (unpaired) electrons. The molecular weight excluding hydrogens is 202 g/mol. The average molecular weight is 221 g/mol. The summed E-state index contributed by atoms with van der Waals surface area (Å²) >= 11 is 0. The van der Waals surface area contributed by atoms with Crippen LogP contribution in [-0.2, 0) is 9.68 Å². The van der Waals surface area contributed by atoms with Crippen molar-refractivity contribution < 1.29 is 29.6 Å². The first-order valence-electron chi connectivity index (χ1n) is 4.33. The first-order chi connectivity index (χ1) is 6.72. The van der Waals surface area contributed by atoms with Crippen LogP contribution < -0.4 is 5.11 Å². The number of carboxylic acids is 1. The maximum atomic E-state index is 9.61. The average Bonchev–Trinajstić information content (AvgIpc) is 2.01. The first kappa shape index (κ1) is 16.3. The van der Waals surface area contributed by atoms with E-state index in [-0.39, 0.29) is 12.4 Å². The number of rotatable bonds is 5. The van der Waals surface area contributed by atoms with Crippen molar-refractivity contribution in [3.8, 4) is 0 Å². The summed E-state index contributed by atoms with van der Waals surface area (Å²) in [6.07, 6.45) is -0.476. The minimum absolute atomic E-state index is 0.231. The summed E-state index contributed by atoms with van der Waals surface area (Å²) in [5.41, 5.74) is 0. The number of aliphatic hydroxyl groups is 1. The van der Waals surface area contributed by atoms with Gasteiger partial charge in [0, 0.05) is 12.4 Å². The summed E-state index contributed by atoms with van der Waals surface area (Å²) in [7, 11) is 6.16. The molecule has 90 valence electrons. The van der Waals surface area contributed by atoms with Crippen molar-refractivity contribution in [2.24, 2.45) is 0 Å². The fourth-order valence-corrected chi connectivity index (χ4v) is 0.493. The molecule has 0 bridgehead atoms. The molecule has 0 rings (SSSR count). The van der Waals surface area contributed by atoms with E-state index in [1.54, 1.807) is 0 Å². The third kappa shape index (κ3) is 19.3. The van der Waals surface area contributed by atoms with E-state index in [1.807, 2.05) is 0 Å². The molecule has 0 aliphatic carbocycles. The molecule has 0 saturated heterocycles. The molecule has 0 atom stereocenters. The highest BCUT2D eigenvalue weighted by Gasteiger charge is 2.02. The molecule has 0 aliphatic heterocycles. The minimum atomic E-state index is -1.33. The number of hydrogen-bond acceptors (Lipinski definition) is 5. The summed E-state index contributed by atoms with van der Waals surface area (Å²) in [4.78, 5) is 13.1. The van der Waals surface area contributed by atoms with E-state index in [9.17, 15) is 9.90 Å². The van der Waals surface area contributed by atoms with Gasteiger partial charge < -0.3 is 24.4 Å². The van der Waals surface area contributed by atoms with Crippen molar-refractivity contribution in [3.05, 3.63) is 12.3 Å². The highest BCUT2D eigenvalue weighted by atomic mass is 17.1. The van der Waals surface area contributed by atoms with Gasteiger partial charge in [-0.05, 0) is 0 Å². The Bertz CT molecular complexity index is 197. The van der Waals surface area contributed by atoms with Crippen LogP contribution in [0, 0.1) is 0 Å². The van der Waals surface area contributed by atoms with Crippen molar-refractivity contribution in [2.45, 2.75) is 6.42 Å². The fourth-order valence-electron chi connectivity index (χ4n) is 0.493. The van der Waals surface area contributed by atoms with Gasteiger partial charge in [0.1, 0.15) is 12.3 Å². The number of aliphatic hydroxyl groups excluding tert-OH is 1. The number of likely N-dealkylation sites (N-methyl/N-ethyl adjacent to an activating group) is 1. The van der Waals surface area contributed by atoms with Gasteiger partial charge >= 0.3 is 0 Å². The molecule has 0 spiro atoms. The largest absolute Gasteiger partial charge is 0.550 e. The van der Waals surface area contributed by atoms with Gasteiger partial charge in [-0.2, -0.15) is 0 Å². The van der Waals surface area contributed by atoms with Crippen molar-refractivity contribution in [1.82, 2.24) is 0 Å². The SMILES string of the molecule is C=C(CC(=O)[O-])OO.C[N+](C)(C)CCO. The van der Waals surface area contributed by atoms with Gasteiger partial charge in [-0.1, -0.05) is 6.58 Å². The van der Waals surface area contributed by atoms with Crippen LogP contribution in [-0.4, -0.2) is 55.1 Å². The lowest BCUT2D eigenvalue weighted by molar-refractivity contribution is -0.870. The molecule has 0 amide bonds. The van der Waals surface area contributed by atoms with Gasteiger partial charge in [0.15, 0.2) is 0 Å². The number of aliphatic carboxylic acids is 1. The third-order valence-corrected chi connectivity index (χ3v) is 1.24. The lowest BCUT2D eigenvalue weighted by Gasteiger charge is -2.21. The van der Waals surface area contributed by atoms with Crippen LogP contribution in [0.25, 0.3) is 0 Å². The van der Waals surface area contributed by atoms with E-state index in [1.165, 1.54) is 0 Å². The third-order valence-electron chi connectivity index (χ3n) is 1.24. The zero-order valence-electron chi connectivity index (χ0n) is 9.39. The molecular formula is C9H19NO5. The smallest absolute Gasteiger partial charge is 0.140 e. The number of carbonyl (C=O) groups is 1. The zero-order valence-corrected chi connectivity index (χ0v) is 9.39. The summed E-state index contributed by atoms with van der Waals surface area (Å²) in [6.45, 7) is 4.13. The summed E-state index contributed by atoms with van der Waals surface area (Å²) < 4.78 is 0.844. The molecule has 0 heterocycles. The summed E-state index contributed by atoms with van der Waals surface area (Å²) in [5, 5.41) is 25.7. The molecule has 0 aromatic carbocycles. The number of nitrogens with zero attached hydrogens (tertiary/aromatic N) is 1. The van der Waals surface area contributed by atoms with E-state index < -0.39 is 12.4 Å². The second-order valence-electron chi connectivity index (χ2n) is 3.92. The van der Waals surface area contributed by atoms with Gasteiger partial charge in [0.2, 0.25) is 0 Å². The highest BCUT2D eigenvalue weighted by Crippen LogP contribution is 1.93. The number of hydrogen-bond donors (Lipinski definition) is 2. The summed E-state index contributed by atoms with van der Waals surface area (Å²) in [6, 6.07) is 0. The minimum Gasteiger partial charge on any atom is -0.550 e. The van der Waals surface area contributed by atoms with E-state index in [0.717, 1.165) is 11.0 Å². The Kier molecular flexibility index (Phi) is 8.94. The Morgan fingerprint density at radius 1 is 1.47 bits per heavy atom. The molecule has 15 heavy (non-hydrogen) atoms. The van der Waals surface area contributed by atoms with Gasteiger partial charge in [0.05, 0.1) is 27.7 Å². The molecule has 6 nitrogen and oxygen atoms in total. The second-order valence-corrected chi connectivity index (χ2v) is 3.92. The van der Waals surface area contributed by atoms with Crippen molar-refractivity contribution >= 4 is 5.97 Å². The molecule has 0 fully saturated rings. The standard InChI is InChI=1S/C5H14NO.C4H6O4/c1-6(2,3)4-5-7;1-3(8-7)2-4(5)6/h7H,4-5H2,1-3H3;7H,1-2H2,(H,5,6)/q+1;/p-1. The van der Waals surface area contributed by atoms with E-state index in [4.69, 9.17) is 10.4 Å². The molecule has 0 aromatic heterocycles. The molecule has 2 N–H and O–H groups in total. The Labute approximate surface area is 89.5 Å². The maximum absolute atomic E-state index is 9.61. The topological polar surface area (TPSA) is 89.8 Å². The second kappa shape index (κ2) is 8.22. The van der Waals surface area contributed by atoms with Crippen LogP contribution in [0.4, 0.5) is 0 Å². The monoisotopic (exact) mass is 221 g/mol. The van der Waals surface area contributed by atoms with Crippen LogP contribution in [0.1, 0.15) is 6.42 Å². The Balaban J connectivity index is 0. The quantitative estimate of drug-likeness (QED) is 0.264. The van der Waals surface area contributed by atoms with Gasteiger partial charge in [0.25, 0.3) is 0 Å². The first-order valence-corrected chi connectivity index (χ1v) is 4.33. The van der Waals surface area contributed by atoms with E-state index >= 15 is 0 Å². The van der Waals surface area contributed by atoms with Crippen LogP contribution in [0.3, 0.4) is 0 Å². The Morgan fingerprint density at radius 3 is 2.00 bits per heavy atom. The predicted octanol–water partition coefficient (Wildman–Crippen LogP) is -1.19. The molecule has 0 saturated carbocycles. The molecule has 6 heteroatoms. The maximum Gasteiger partial charge on any atom is 0.140 e. The number of carbonyl (C=O) groups excluding carboxylic acids is 1. The normalized spacial score (nSPS) is 9.93. The number of carboxylic acid groups (broad SMARTS) is 1. The van der Waals surface area contributed by atoms with Crippen LogP contribution in [0.5, 0.6) is 0 Å². The summed E-state index contributed by atoms with van der Waals surface area (Å²) in [5.74, 6) is -1.56.